The van der Waals surface area contributed by atoms with Gasteiger partial charge in [-0.1, -0.05) is 30.3 Å². The molecule has 20 heavy (non-hydrogen) atoms. The van der Waals surface area contributed by atoms with Gasteiger partial charge in [0.25, 0.3) is 0 Å². The van der Waals surface area contributed by atoms with Crippen molar-refractivity contribution < 1.29 is 0 Å². The van der Waals surface area contributed by atoms with E-state index in [9.17, 15) is 0 Å². The molecule has 0 atom stereocenters. The molecule has 0 amide bonds. The second-order valence-electron chi connectivity index (χ2n) is 4.48. The molecule has 0 saturated carbocycles. The minimum Gasteiger partial charge on any atom is -0.383 e. The van der Waals surface area contributed by atoms with Gasteiger partial charge < -0.3 is 27.1 Å². The number of imidazole rings is 1. The molecule has 1 aromatic heterocycles. The van der Waals surface area contributed by atoms with E-state index in [0.29, 0.717) is 23.1 Å². The zero-order valence-electron chi connectivity index (χ0n) is 10.7. The summed E-state index contributed by atoms with van der Waals surface area (Å²) in [5, 5.41) is 4.03. The fraction of sp³-hybridized carbons (Fsp3) is 0.0769. The standard InChI is InChI=1S/C13H15N7/c14-11-9-10(12(15)19-13(16)18-11)20(7-17-9)6-8-4-2-1-3-5-8/h1-5,7H,6,14-15H2,(H3,16,18,19). The maximum atomic E-state index is 6.01. The molecule has 1 aliphatic rings. The van der Waals surface area contributed by atoms with Crippen molar-refractivity contribution in [1.82, 2.24) is 14.9 Å². The van der Waals surface area contributed by atoms with Gasteiger partial charge in [0.05, 0.1) is 6.33 Å². The van der Waals surface area contributed by atoms with Crippen LogP contribution < -0.4 is 33.2 Å². The first-order valence-electron chi connectivity index (χ1n) is 6.11. The molecule has 0 radical (unpaired) electrons. The number of aromatic nitrogens is 2. The fourth-order valence-electron chi connectivity index (χ4n) is 2.16. The Morgan fingerprint density at radius 1 is 1.10 bits per heavy atom. The van der Waals surface area contributed by atoms with E-state index in [0.717, 1.165) is 5.56 Å². The molecule has 3 rings (SSSR count). The Bertz CT molecular complexity index is 786. The van der Waals surface area contributed by atoms with Crippen molar-refractivity contribution in [2.75, 3.05) is 0 Å². The maximum absolute atomic E-state index is 6.01. The van der Waals surface area contributed by atoms with Crippen LogP contribution in [0.4, 0.5) is 0 Å². The zero-order chi connectivity index (χ0) is 14.1. The lowest BCUT2D eigenvalue weighted by Gasteiger charge is -2.06. The molecule has 0 aliphatic carbocycles. The third kappa shape index (κ3) is 2.05. The minimum atomic E-state index is 0.157. The van der Waals surface area contributed by atoms with E-state index in [2.05, 4.69) is 15.3 Å². The summed E-state index contributed by atoms with van der Waals surface area (Å²) in [6.07, 6.45) is 1.69. The molecule has 0 spiro atoms. The van der Waals surface area contributed by atoms with Gasteiger partial charge in [0.2, 0.25) is 5.96 Å². The fourth-order valence-corrected chi connectivity index (χ4v) is 2.16. The minimum absolute atomic E-state index is 0.157. The molecule has 0 fully saturated rings. The zero-order valence-corrected chi connectivity index (χ0v) is 10.7. The average molecular weight is 269 g/mol. The van der Waals surface area contributed by atoms with Gasteiger partial charge in [-0.3, -0.25) is 0 Å². The van der Waals surface area contributed by atoms with Crippen LogP contribution in [-0.4, -0.2) is 15.5 Å². The Morgan fingerprint density at radius 2 is 1.85 bits per heavy atom. The third-order valence-electron chi connectivity index (χ3n) is 3.03. The van der Waals surface area contributed by atoms with Crippen LogP contribution in [0, 0.1) is 0 Å². The third-order valence-corrected chi connectivity index (χ3v) is 3.03. The molecule has 7 N–H and O–H groups in total. The molecule has 1 aliphatic heterocycles. The van der Waals surface area contributed by atoms with E-state index in [4.69, 9.17) is 17.2 Å². The lowest BCUT2D eigenvalue weighted by Crippen LogP contribution is -2.42. The quantitative estimate of drug-likeness (QED) is 0.497. The van der Waals surface area contributed by atoms with Crippen molar-refractivity contribution in [2.24, 2.45) is 22.2 Å². The highest BCUT2D eigenvalue weighted by atomic mass is 15.2. The summed E-state index contributed by atoms with van der Waals surface area (Å²) in [5.74, 6) is 0.789. The lowest BCUT2D eigenvalue weighted by atomic mass is 10.2. The predicted octanol–water partition coefficient (Wildman–Crippen LogP) is -2.10. The number of nitrogens with zero attached hydrogens (tertiary/aromatic N) is 3. The summed E-state index contributed by atoms with van der Waals surface area (Å²) in [4.78, 5) is 8.27. The predicted molar refractivity (Wildman–Crippen MR) is 77.0 cm³/mol. The highest BCUT2D eigenvalue weighted by Gasteiger charge is 2.10. The van der Waals surface area contributed by atoms with Gasteiger partial charge in [0.1, 0.15) is 16.5 Å². The molecule has 1 aromatic carbocycles. The Hall–Kier alpha value is -2.96. The van der Waals surface area contributed by atoms with Gasteiger partial charge >= 0.3 is 0 Å². The topological polar surface area (TPSA) is 120 Å². The maximum Gasteiger partial charge on any atom is 0.201 e. The van der Waals surface area contributed by atoms with Crippen LogP contribution in [0.1, 0.15) is 5.56 Å². The van der Waals surface area contributed by atoms with Crippen LogP contribution in [0.15, 0.2) is 41.7 Å². The molecular weight excluding hydrogens is 254 g/mol. The molecule has 2 heterocycles. The van der Waals surface area contributed by atoms with E-state index in [1.807, 2.05) is 34.9 Å². The van der Waals surface area contributed by atoms with E-state index in [-0.39, 0.29) is 11.8 Å². The SMILES string of the molecule is NC1=NC(N)=c2ncn(Cc3ccccc3)c2=C(N)N1. The summed E-state index contributed by atoms with van der Waals surface area (Å²) in [7, 11) is 0. The summed E-state index contributed by atoms with van der Waals surface area (Å²) in [5.41, 5.74) is 18.7. The van der Waals surface area contributed by atoms with Crippen molar-refractivity contribution in [1.29, 1.82) is 0 Å². The number of hydrogen-bond acceptors (Lipinski definition) is 6. The normalized spacial score (nSPS) is 14.3. The lowest BCUT2D eigenvalue weighted by molar-refractivity contribution is 0.766. The van der Waals surface area contributed by atoms with Crippen LogP contribution in [-0.2, 0) is 6.54 Å². The molecular formula is C13H15N7. The first kappa shape index (κ1) is 12.1. The molecule has 0 saturated heterocycles. The Balaban J connectivity index is 2.15. The number of benzene rings is 1. The summed E-state index contributed by atoms with van der Waals surface area (Å²) < 4.78 is 1.91. The first-order chi connectivity index (χ1) is 9.65. The Morgan fingerprint density at radius 3 is 2.60 bits per heavy atom. The van der Waals surface area contributed by atoms with E-state index in [1.165, 1.54) is 0 Å². The highest BCUT2D eigenvalue weighted by Crippen LogP contribution is 1.99. The average Bonchev–Trinajstić information content (AvgIpc) is 2.78. The Labute approximate surface area is 115 Å². The van der Waals surface area contributed by atoms with Crippen LogP contribution in [0.2, 0.25) is 0 Å². The summed E-state index contributed by atoms with van der Waals surface area (Å²) in [6.45, 7) is 0.638. The summed E-state index contributed by atoms with van der Waals surface area (Å²) in [6, 6.07) is 10.0. The van der Waals surface area contributed by atoms with Crippen molar-refractivity contribution in [2.45, 2.75) is 6.54 Å². The number of rotatable bonds is 2. The van der Waals surface area contributed by atoms with Crippen LogP contribution >= 0.6 is 0 Å². The second kappa shape index (κ2) is 4.61. The van der Waals surface area contributed by atoms with Crippen molar-refractivity contribution >= 4 is 17.6 Å². The number of hydrogen-bond donors (Lipinski definition) is 4. The molecule has 0 bridgehead atoms. The van der Waals surface area contributed by atoms with E-state index >= 15 is 0 Å². The largest absolute Gasteiger partial charge is 0.383 e. The number of fused-ring (bicyclic) bond motifs is 1. The van der Waals surface area contributed by atoms with Crippen LogP contribution in [0.25, 0.3) is 11.6 Å². The molecule has 7 nitrogen and oxygen atoms in total. The van der Waals surface area contributed by atoms with Crippen molar-refractivity contribution in [3.63, 3.8) is 0 Å². The number of nitrogens with two attached hydrogens (primary N) is 3. The monoisotopic (exact) mass is 269 g/mol. The number of nitrogens with one attached hydrogen (secondary N) is 1. The smallest absolute Gasteiger partial charge is 0.201 e. The van der Waals surface area contributed by atoms with Gasteiger partial charge in [0, 0.05) is 6.54 Å². The summed E-state index contributed by atoms with van der Waals surface area (Å²) >= 11 is 0. The van der Waals surface area contributed by atoms with Gasteiger partial charge in [-0.15, -0.1) is 0 Å². The first-order valence-corrected chi connectivity index (χ1v) is 6.11. The molecule has 102 valence electrons. The highest BCUT2D eigenvalue weighted by molar-refractivity contribution is 5.87. The molecule has 0 unspecified atom stereocenters. The van der Waals surface area contributed by atoms with Gasteiger partial charge in [0.15, 0.2) is 5.82 Å². The van der Waals surface area contributed by atoms with Crippen LogP contribution in [0.3, 0.4) is 0 Å². The van der Waals surface area contributed by atoms with E-state index in [1.54, 1.807) is 6.33 Å². The molecule has 7 heteroatoms. The van der Waals surface area contributed by atoms with Gasteiger partial charge in [-0.05, 0) is 5.56 Å². The van der Waals surface area contributed by atoms with Crippen LogP contribution in [0.5, 0.6) is 0 Å². The number of guanidine groups is 1. The Kier molecular flexibility index (Phi) is 2.79. The van der Waals surface area contributed by atoms with Gasteiger partial charge in [-0.25, -0.2) is 4.98 Å². The van der Waals surface area contributed by atoms with Gasteiger partial charge in [-0.2, -0.15) is 4.99 Å². The second-order valence-corrected chi connectivity index (χ2v) is 4.48. The number of aliphatic imine (C=N–C) groups is 1. The van der Waals surface area contributed by atoms with Crippen molar-refractivity contribution in [3.05, 3.63) is 52.9 Å². The molecule has 2 aromatic rings. The van der Waals surface area contributed by atoms with E-state index < -0.39 is 0 Å². The van der Waals surface area contributed by atoms with Crippen molar-refractivity contribution in [3.8, 4) is 0 Å².